The predicted molar refractivity (Wildman–Crippen MR) is 85.8 cm³/mol. The third-order valence-electron chi connectivity index (χ3n) is 2.87. The Kier molecular flexibility index (Phi) is 5.18. The van der Waals surface area contributed by atoms with Crippen molar-refractivity contribution in [3.8, 4) is 17.2 Å². The minimum Gasteiger partial charge on any atom is -0.496 e. The van der Waals surface area contributed by atoms with Crippen molar-refractivity contribution in [1.29, 1.82) is 0 Å². The molecule has 1 heterocycles. The fraction of sp³-hybridized carbons (Fsp3) is 0.286. The molecule has 1 atom stereocenters. The molecule has 0 saturated carbocycles. The molecule has 2 rings (SSSR count). The molecule has 0 fully saturated rings. The Bertz CT molecular complexity index is 600. The van der Waals surface area contributed by atoms with Crippen molar-refractivity contribution < 1.29 is 14.2 Å². The van der Waals surface area contributed by atoms with Crippen LogP contribution in [0.3, 0.4) is 0 Å². The Hall–Kier alpha value is -0.910. The first-order valence-electron chi connectivity index (χ1n) is 5.79. The van der Waals surface area contributed by atoms with E-state index in [2.05, 4.69) is 15.9 Å². The molecule has 0 aliphatic carbocycles. The predicted octanol–water partition coefficient (Wildman–Crippen LogP) is 4.86. The quantitative estimate of drug-likeness (QED) is 0.696. The van der Waals surface area contributed by atoms with Crippen LogP contribution in [0.5, 0.6) is 17.2 Å². The van der Waals surface area contributed by atoms with E-state index >= 15 is 0 Å². The molecule has 6 heteroatoms. The first kappa shape index (κ1) is 15.5. The molecule has 0 aliphatic heterocycles. The monoisotopic (exact) mass is 376 g/mol. The SMILES string of the molecule is COc1csc(C(Cl)c2ccc(OC)c(Br)c2OC)c1. The maximum Gasteiger partial charge on any atom is 0.141 e. The van der Waals surface area contributed by atoms with Gasteiger partial charge in [-0.1, -0.05) is 0 Å². The average molecular weight is 378 g/mol. The number of halogens is 2. The van der Waals surface area contributed by atoms with E-state index in [4.69, 9.17) is 25.8 Å². The smallest absolute Gasteiger partial charge is 0.141 e. The van der Waals surface area contributed by atoms with Crippen LogP contribution >= 0.6 is 38.9 Å². The maximum atomic E-state index is 6.57. The molecule has 0 spiro atoms. The molecular formula is C14H14BrClO3S. The Labute approximate surface area is 135 Å². The van der Waals surface area contributed by atoms with Crippen molar-refractivity contribution in [2.24, 2.45) is 0 Å². The van der Waals surface area contributed by atoms with Crippen molar-refractivity contribution in [1.82, 2.24) is 0 Å². The second-order valence-electron chi connectivity index (χ2n) is 3.96. The third-order valence-corrected chi connectivity index (χ3v) is 5.20. The molecule has 1 unspecified atom stereocenters. The summed E-state index contributed by atoms with van der Waals surface area (Å²) in [6.07, 6.45) is 0. The molecule has 2 aromatic rings. The second kappa shape index (κ2) is 6.70. The van der Waals surface area contributed by atoms with Crippen molar-refractivity contribution in [2.45, 2.75) is 5.38 Å². The van der Waals surface area contributed by atoms with Gasteiger partial charge in [-0.3, -0.25) is 0 Å². The van der Waals surface area contributed by atoms with Crippen molar-refractivity contribution >= 4 is 38.9 Å². The first-order valence-corrected chi connectivity index (χ1v) is 7.90. The molecule has 108 valence electrons. The van der Waals surface area contributed by atoms with E-state index in [1.165, 1.54) is 0 Å². The van der Waals surface area contributed by atoms with Crippen LogP contribution in [0.15, 0.2) is 28.1 Å². The lowest BCUT2D eigenvalue weighted by molar-refractivity contribution is 0.386. The first-order chi connectivity index (χ1) is 9.62. The molecule has 0 bridgehead atoms. The van der Waals surface area contributed by atoms with Crippen molar-refractivity contribution in [3.63, 3.8) is 0 Å². The number of rotatable bonds is 5. The number of hydrogen-bond acceptors (Lipinski definition) is 4. The highest BCUT2D eigenvalue weighted by Gasteiger charge is 2.21. The number of ether oxygens (including phenoxy) is 3. The Morgan fingerprint density at radius 2 is 1.90 bits per heavy atom. The van der Waals surface area contributed by atoms with Gasteiger partial charge in [0.2, 0.25) is 0 Å². The van der Waals surface area contributed by atoms with Gasteiger partial charge in [-0.2, -0.15) is 0 Å². The minimum atomic E-state index is -0.305. The molecule has 0 saturated heterocycles. The Morgan fingerprint density at radius 1 is 1.15 bits per heavy atom. The number of alkyl halides is 1. The zero-order chi connectivity index (χ0) is 14.7. The topological polar surface area (TPSA) is 27.7 Å². The van der Waals surface area contributed by atoms with E-state index in [0.717, 1.165) is 20.7 Å². The summed E-state index contributed by atoms with van der Waals surface area (Å²) in [5, 5.41) is 1.62. The van der Waals surface area contributed by atoms with Crippen LogP contribution in [0.4, 0.5) is 0 Å². The lowest BCUT2D eigenvalue weighted by Gasteiger charge is -2.16. The van der Waals surface area contributed by atoms with Crippen LogP contribution in [0, 0.1) is 0 Å². The van der Waals surface area contributed by atoms with Crippen LogP contribution in [0.2, 0.25) is 0 Å². The summed E-state index contributed by atoms with van der Waals surface area (Å²) in [6.45, 7) is 0. The van der Waals surface area contributed by atoms with Gasteiger partial charge in [0.25, 0.3) is 0 Å². The summed E-state index contributed by atoms with van der Waals surface area (Å²) in [5.41, 5.74) is 0.881. The molecular weight excluding hydrogens is 364 g/mol. The van der Waals surface area contributed by atoms with Crippen LogP contribution in [-0.4, -0.2) is 21.3 Å². The highest BCUT2D eigenvalue weighted by molar-refractivity contribution is 9.10. The molecule has 0 amide bonds. The molecule has 0 radical (unpaired) electrons. The van der Waals surface area contributed by atoms with Gasteiger partial charge in [-0.05, 0) is 34.1 Å². The summed E-state index contributed by atoms with van der Waals surface area (Å²) < 4.78 is 16.7. The molecule has 1 aromatic heterocycles. The van der Waals surface area contributed by atoms with E-state index in [1.807, 2.05) is 23.6 Å². The van der Waals surface area contributed by atoms with Gasteiger partial charge in [0.05, 0.1) is 26.7 Å². The van der Waals surface area contributed by atoms with Gasteiger partial charge in [-0.25, -0.2) is 0 Å². The van der Waals surface area contributed by atoms with E-state index in [0.29, 0.717) is 11.5 Å². The zero-order valence-corrected chi connectivity index (χ0v) is 14.4. The van der Waals surface area contributed by atoms with Gasteiger partial charge in [0, 0.05) is 15.8 Å². The molecule has 0 N–H and O–H groups in total. The lowest BCUT2D eigenvalue weighted by atomic mass is 10.1. The van der Waals surface area contributed by atoms with E-state index in [9.17, 15) is 0 Å². The summed E-state index contributed by atoms with van der Waals surface area (Å²) in [7, 11) is 4.86. The molecule has 1 aromatic carbocycles. The standard InChI is InChI=1S/C14H14BrClO3S/c1-17-8-6-11(20-7-8)13(16)9-4-5-10(18-2)12(15)14(9)19-3/h4-7,13H,1-3H3. The second-order valence-corrected chi connectivity index (χ2v) is 6.13. The maximum absolute atomic E-state index is 6.57. The summed E-state index contributed by atoms with van der Waals surface area (Å²) in [6, 6.07) is 5.70. The highest BCUT2D eigenvalue weighted by atomic mass is 79.9. The highest BCUT2D eigenvalue weighted by Crippen LogP contribution is 2.45. The van der Waals surface area contributed by atoms with E-state index < -0.39 is 0 Å². The van der Waals surface area contributed by atoms with Crippen molar-refractivity contribution in [2.75, 3.05) is 21.3 Å². The Morgan fingerprint density at radius 3 is 2.45 bits per heavy atom. The molecule has 0 aliphatic rings. The fourth-order valence-electron chi connectivity index (χ4n) is 1.85. The van der Waals surface area contributed by atoms with Gasteiger partial charge in [0.15, 0.2) is 0 Å². The number of thiophene rings is 1. The number of benzene rings is 1. The number of hydrogen-bond donors (Lipinski definition) is 0. The average Bonchev–Trinajstić information content (AvgIpc) is 2.95. The van der Waals surface area contributed by atoms with Gasteiger partial charge in [-0.15, -0.1) is 22.9 Å². The van der Waals surface area contributed by atoms with Crippen molar-refractivity contribution in [3.05, 3.63) is 38.5 Å². The summed E-state index contributed by atoms with van der Waals surface area (Å²) in [5.74, 6) is 2.19. The zero-order valence-electron chi connectivity index (χ0n) is 11.3. The van der Waals surface area contributed by atoms with E-state index in [1.54, 1.807) is 32.7 Å². The fourth-order valence-corrected chi connectivity index (χ4v) is 3.77. The summed E-state index contributed by atoms with van der Waals surface area (Å²) in [4.78, 5) is 0.999. The minimum absolute atomic E-state index is 0.305. The van der Waals surface area contributed by atoms with Gasteiger partial charge < -0.3 is 14.2 Å². The van der Waals surface area contributed by atoms with Crippen LogP contribution < -0.4 is 14.2 Å². The van der Waals surface area contributed by atoms with Crippen LogP contribution in [-0.2, 0) is 0 Å². The van der Waals surface area contributed by atoms with E-state index in [-0.39, 0.29) is 5.38 Å². The lowest BCUT2D eigenvalue weighted by Crippen LogP contribution is -1.98. The number of methoxy groups -OCH3 is 3. The van der Waals surface area contributed by atoms with Gasteiger partial charge in [0.1, 0.15) is 21.7 Å². The Balaban J connectivity index is 2.43. The molecule has 3 nitrogen and oxygen atoms in total. The van der Waals surface area contributed by atoms with Gasteiger partial charge >= 0.3 is 0 Å². The summed E-state index contributed by atoms with van der Waals surface area (Å²) >= 11 is 11.6. The third kappa shape index (κ3) is 2.90. The largest absolute Gasteiger partial charge is 0.496 e. The molecule has 20 heavy (non-hydrogen) atoms. The normalized spacial score (nSPS) is 12.1. The van der Waals surface area contributed by atoms with Crippen LogP contribution in [0.25, 0.3) is 0 Å². The van der Waals surface area contributed by atoms with Crippen LogP contribution in [0.1, 0.15) is 15.8 Å².